The second kappa shape index (κ2) is 8.01. The lowest BCUT2D eigenvalue weighted by atomic mass is 9.77. The van der Waals surface area contributed by atoms with E-state index in [-0.39, 0.29) is 23.6 Å². The average molecular weight is 454 g/mol. The molecule has 2 aliphatic heterocycles. The van der Waals surface area contributed by atoms with E-state index in [1.807, 2.05) is 24.3 Å². The van der Waals surface area contributed by atoms with Crippen molar-refractivity contribution < 1.29 is 13.3 Å². The monoisotopic (exact) mass is 453 g/mol. The molecule has 0 bridgehead atoms. The van der Waals surface area contributed by atoms with Gasteiger partial charge < -0.3 is 5.32 Å². The van der Waals surface area contributed by atoms with Crippen molar-refractivity contribution in [3.63, 3.8) is 0 Å². The minimum Gasteiger partial charge on any atom is -0.378 e. The van der Waals surface area contributed by atoms with E-state index < -0.39 is 14.9 Å². The third-order valence-electron chi connectivity index (χ3n) is 7.18. The van der Waals surface area contributed by atoms with Crippen LogP contribution in [0, 0.1) is 22.0 Å². The number of anilines is 1. The highest BCUT2D eigenvalue weighted by molar-refractivity contribution is 7.89. The Balaban J connectivity index is 1.46. The van der Waals surface area contributed by atoms with Crippen molar-refractivity contribution >= 4 is 21.4 Å². The van der Waals surface area contributed by atoms with Gasteiger partial charge in [-0.2, -0.15) is 4.31 Å². The first-order chi connectivity index (χ1) is 15.3. The quantitative estimate of drug-likeness (QED) is 0.406. The molecule has 1 fully saturated rings. The lowest BCUT2D eigenvalue weighted by molar-refractivity contribution is -0.384. The molecular formula is C24H27N3O4S. The van der Waals surface area contributed by atoms with Gasteiger partial charge >= 0.3 is 0 Å². The number of nitrogens with zero attached hydrogens (tertiary/aromatic N) is 2. The Morgan fingerprint density at radius 1 is 1.09 bits per heavy atom. The summed E-state index contributed by atoms with van der Waals surface area (Å²) >= 11 is 0. The number of hydrogen-bond acceptors (Lipinski definition) is 5. The van der Waals surface area contributed by atoms with Crippen LogP contribution in [-0.2, 0) is 10.0 Å². The van der Waals surface area contributed by atoms with Gasteiger partial charge in [0.25, 0.3) is 5.69 Å². The number of piperidine rings is 1. The van der Waals surface area contributed by atoms with Crippen LogP contribution >= 0.6 is 0 Å². The first-order valence-corrected chi connectivity index (χ1v) is 12.6. The summed E-state index contributed by atoms with van der Waals surface area (Å²) in [7, 11) is -3.51. The van der Waals surface area contributed by atoms with E-state index in [2.05, 4.69) is 24.4 Å². The fourth-order valence-electron chi connectivity index (χ4n) is 5.24. The van der Waals surface area contributed by atoms with Gasteiger partial charge in [-0.1, -0.05) is 31.2 Å². The highest BCUT2D eigenvalue weighted by Crippen LogP contribution is 2.50. The minimum absolute atomic E-state index is 0.00865. The van der Waals surface area contributed by atoms with E-state index in [9.17, 15) is 18.5 Å². The van der Waals surface area contributed by atoms with Crippen molar-refractivity contribution in [2.45, 2.75) is 43.0 Å². The van der Waals surface area contributed by atoms with Gasteiger partial charge in [0.1, 0.15) is 0 Å². The van der Waals surface area contributed by atoms with Gasteiger partial charge in [-0.05, 0) is 60.4 Å². The Morgan fingerprint density at radius 2 is 1.81 bits per heavy atom. The molecule has 5 rings (SSSR count). The van der Waals surface area contributed by atoms with Gasteiger partial charge in [-0.15, -0.1) is 0 Å². The summed E-state index contributed by atoms with van der Waals surface area (Å²) in [5, 5.41) is 14.6. The highest BCUT2D eigenvalue weighted by atomic mass is 32.2. The molecule has 0 spiro atoms. The average Bonchev–Trinajstić information content (AvgIpc) is 3.29. The van der Waals surface area contributed by atoms with Crippen LogP contribution in [0.4, 0.5) is 11.4 Å². The van der Waals surface area contributed by atoms with Crippen molar-refractivity contribution in [3.05, 3.63) is 75.9 Å². The number of hydrogen-bond donors (Lipinski definition) is 1. The molecule has 1 saturated heterocycles. The molecule has 0 amide bonds. The fourth-order valence-corrected chi connectivity index (χ4v) is 6.75. The number of nitro groups is 1. The van der Waals surface area contributed by atoms with Crippen LogP contribution in [0.2, 0.25) is 0 Å². The number of benzene rings is 2. The number of non-ortho nitro benzene ring substituents is 1. The number of nitro benzene ring substituents is 1. The molecule has 2 heterocycles. The molecule has 168 valence electrons. The van der Waals surface area contributed by atoms with E-state index >= 15 is 0 Å². The van der Waals surface area contributed by atoms with Crippen LogP contribution in [-0.4, -0.2) is 30.7 Å². The molecule has 3 aliphatic rings. The number of allylic oxidation sites excluding steroid dienone is 2. The van der Waals surface area contributed by atoms with E-state index in [0.717, 1.165) is 36.1 Å². The zero-order valence-electron chi connectivity index (χ0n) is 18.0. The Hall–Kier alpha value is -2.71. The third kappa shape index (κ3) is 3.61. The Labute approximate surface area is 188 Å². The molecule has 32 heavy (non-hydrogen) atoms. The topological polar surface area (TPSA) is 92.5 Å². The molecule has 1 N–H and O–H groups in total. The van der Waals surface area contributed by atoms with Crippen LogP contribution in [0.1, 0.15) is 49.3 Å². The maximum Gasteiger partial charge on any atom is 0.269 e. The van der Waals surface area contributed by atoms with Crippen LogP contribution in [0.25, 0.3) is 0 Å². The molecular weight excluding hydrogens is 426 g/mol. The van der Waals surface area contributed by atoms with Gasteiger partial charge in [0, 0.05) is 36.8 Å². The van der Waals surface area contributed by atoms with E-state index in [1.165, 1.54) is 0 Å². The summed E-state index contributed by atoms with van der Waals surface area (Å²) in [6.45, 7) is 3.32. The summed E-state index contributed by atoms with van der Waals surface area (Å²) in [5.74, 6) is 0.913. The van der Waals surface area contributed by atoms with Crippen molar-refractivity contribution in [2.24, 2.45) is 11.8 Å². The minimum atomic E-state index is -3.51. The highest BCUT2D eigenvalue weighted by Gasteiger charge is 2.39. The molecule has 3 unspecified atom stereocenters. The SMILES string of the molecule is CC1CCN(S(=O)(=O)c2ccc3c(c2)C2C=CCC2C(c2ccc([N+](=O)[O-])cc2)N3)CC1. The summed E-state index contributed by atoms with van der Waals surface area (Å²) < 4.78 is 28.2. The third-order valence-corrected chi connectivity index (χ3v) is 9.07. The molecule has 2 aromatic carbocycles. The fraction of sp³-hybridized carbons (Fsp3) is 0.417. The molecule has 7 nitrogen and oxygen atoms in total. The molecule has 8 heteroatoms. The van der Waals surface area contributed by atoms with E-state index in [4.69, 9.17) is 0 Å². The summed E-state index contributed by atoms with van der Waals surface area (Å²) in [6, 6.07) is 12.1. The molecule has 0 radical (unpaired) electrons. The van der Waals surface area contributed by atoms with Gasteiger partial charge in [-0.3, -0.25) is 10.1 Å². The first-order valence-electron chi connectivity index (χ1n) is 11.2. The van der Waals surface area contributed by atoms with Gasteiger partial charge in [0.2, 0.25) is 10.0 Å². The number of sulfonamides is 1. The number of nitrogens with one attached hydrogen (secondary N) is 1. The van der Waals surface area contributed by atoms with Crippen LogP contribution in [0.5, 0.6) is 0 Å². The van der Waals surface area contributed by atoms with Crippen LogP contribution < -0.4 is 5.32 Å². The van der Waals surface area contributed by atoms with E-state index in [0.29, 0.717) is 23.9 Å². The Morgan fingerprint density at radius 3 is 2.50 bits per heavy atom. The Kier molecular flexibility index (Phi) is 5.29. The number of rotatable bonds is 4. The van der Waals surface area contributed by atoms with Crippen molar-refractivity contribution in [3.8, 4) is 0 Å². The second-order valence-corrected chi connectivity index (χ2v) is 11.1. The predicted octanol–water partition coefficient (Wildman–Crippen LogP) is 4.84. The first kappa shape index (κ1) is 21.2. The lowest BCUT2D eigenvalue weighted by Crippen LogP contribution is -2.38. The normalized spacial score (nSPS) is 25.7. The summed E-state index contributed by atoms with van der Waals surface area (Å²) in [6.07, 6.45) is 6.99. The largest absolute Gasteiger partial charge is 0.378 e. The summed E-state index contributed by atoms with van der Waals surface area (Å²) in [4.78, 5) is 11.0. The maximum atomic E-state index is 13.3. The number of fused-ring (bicyclic) bond motifs is 3. The van der Waals surface area contributed by atoms with Crippen molar-refractivity contribution in [1.29, 1.82) is 0 Å². The Bertz CT molecular complexity index is 1170. The van der Waals surface area contributed by atoms with Crippen LogP contribution in [0.15, 0.2) is 59.5 Å². The van der Waals surface area contributed by atoms with Gasteiger partial charge in [-0.25, -0.2) is 8.42 Å². The zero-order chi connectivity index (χ0) is 22.5. The molecule has 0 saturated carbocycles. The predicted molar refractivity (Wildman–Crippen MR) is 123 cm³/mol. The lowest BCUT2D eigenvalue weighted by Gasteiger charge is -2.38. The molecule has 3 atom stereocenters. The van der Waals surface area contributed by atoms with Gasteiger partial charge in [0.05, 0.1) is 15.9 Å². The second-order valence-electron chi connectivity index (χ2n) is 9.16. The molecule has 1 aliphatic carbocycles. The van der Waals surface area contributed by atoms with Crippen molar-refractivity contribution in [1.82, 2.24) is 4.31 Å². The summed E-state index contributed by atoms with van der Waals surface area (Å²) in [5.41, 5.74) is 3.01. The molecule has 2 aromatic rings. The standard InChI is InChI=1S/C24H27N3O4S/c1-16-11-13-26(14-12-16)32(30,31)19-9-10-23-22(15-19)20-3-2-4-21(20)24(25-23)17-5-7-18(8-6-17)27(28)29/h2-3,5-10,15-16,20-21,24-25H,4,11-14H2,1H3. The molecule has 0 aromatic heterocycles. The zero-order valence-corrected chi connectivity index (χ0v) is 18.8. The smallest absolute Gasteiger partial charge is 0.269 e. The van der Waals surface area contributed by atoms with Crippen molar-refractivity contribution in [2.75, 3.05) is 18.4 Å². The maximum absolute atomic E-state index is 13.3. The van der Waals surface area contributed by atoms with Gasteiger partial charge in [0.15, 0.2) is 0 Å². The van der Waals surface area contributed by atoms with E-state index in [1.54, 1.807) is 22.5 Å². The van der Waals surface area contributed by atoms with Crippen LogP contribution in [0.3, 0.4) is 0 Å².